The minimum Gasteiger partial charge on any atom is -0.462 e. The van der Waals surface area contributed by atoms with E-state index < -0.39 is 6.10 Å². The molecule has 5 nitrogen and oxygen atoms in total. The second-order valence-corrected chi connectivity index (χ2v) is 12.3. The molecule has 0 aliphatic carbocycles. The Kier molecular flexibility index (Phi) is 36.2. The van der Waals surface area contributed by atoms with E-state index in [4.69, 9.17) is 9.47 Å². The number of hydrogen-bond acceptors (Lipinski definition) is 5. The Bertz CT molecular complexity index is 937. The van der Waals surface area contributed by atoms with Crippen LogP contribution in [0.2, 0.25) is 0 Å². The number of aliphatic hydroxyl groups is 1. The van der Waals surface area contributed by atoms with E-state index >= 15 is 0 Å². The van der Waals surface area contributed by atoms with Crippen LogP contribution in [0, 0.1) is 0 Å². The van der Waals surface area contributed by atoms with Crippen LogP contribution >= 0.6 is 0 Å². The van der Waals surface area contributed by atoms with E-state index in [9.17, 15) is 14.7 Å². The van der Waals surface area contributed by atoms with Gasteiger partial charge < -0.3 is 14.6 Å². The van der Waals surface area contributed by atoms with Gasteiger partial charge in [-0.25, -0.2) is 0 Å². The molecule has 0 saturated carbocycles. The molecule has 0 aromatic rings. The molecule has 0 aromatic carbocycles. The summed E-state index contributed by atoms with van der Waals surface area (Å²) in [7, 11) is 0. The molecule has 0 rings (SSSR count). The molecule has 1 atom stereocenters. The third kappa shape index (κ3) is 35.9. The van der Waals surface area contributed by atoms with Crippen LogP contribution in [0.3, 0.4) is 0 Å². The lowest BCUT2D eigenvalue weighted by Crippen LogP contribution is -2.28. The van der Waals surface area contributed by atoms with E-state index in [-0.39, 0.29) is 25.2 Å². The number of aliphatic hydroxyl groups excluding tert-OH is 1. The second-order valence-electron chi connectivity index (χ2n) is 12.3. The summed E-state index contributed by atoms with van der Waals surface area (Å²) in [5.41, 5.74) is 0. The fourth-order valence-corrected chi connectivity index (χ4v) is 4.78. The molecule has 0 saturated heterocycles. The van der Waals surface area contributed by atoms with Gasteiger partial charge in [0.05, 0.1) is 6.61 Å². The molecule has 1 N–H and O–H groups in total. The topological polar surface area (TPSA) is 72.8 Å². The third-order valence-electron chi connectivity index (χ3n) is 7.67. The fraction of sp³-hybridized carbons (Fsp3) is 0.628. The predicted octanol–water partition coefficient (Wildman–Crippen LogP) is 11.9. The van der Waals surface area contributed by atoms with Crippen LogP contribution in [0.1, 0.15) is 155 Å². The van der Waals surface area contributed by atoms with Crippen molar-refractivity contribution >= 4 is 11.9 Å². The van der Waals surface area contributed by atoms with Gasteiger partial charge in [-0.05, 0) is 89.9 Å². The summed E-state index contributed by atoms with van der Waals surface area (Å²) < 4.78 is 10.6. The molecule has 0 fully saturated rings. The first-order valence-corrected chi connectivity index (χ1v) is 19.1. The number of hydrogen-bond donors (Lipinski definition) is 1. The fourth-order valence-electron chi connectivity index (χ4n) is 4.78. The summed E-state index contributed by atoms with van der Waals surface area (Å²) >= 11 is 0. The van der Waals surface area contributed by atoms with Crippen LogP contribution in [-0.2, 0) is 19.1 Å². The van der Waals surface area contributed by atoms with Crippen molar-refractivity contribution in [1.29, 1.82) is 0 Å². The Hall–Kier alpha value is -2.92. The van der Waals surface area contributed by atoms with Crippen LogP contribution in [-0.4, -0.2) is 36.4 Å². The van der Waals surface area contributed by atoms with Crippen LogP contribution in [0.5, 0.6) is 0 Å². The molecule has 0 radical (unpaired) electrons. The average molecular weight is 667 g/mol. The summed E-state index contributed by atoms with van der Waals surface area (Å²) in [6.07, 6.45) is 52.0. The predicted molar refractivity (Wildman–Crippen MR) is 205 cm³/mol. The quantitative estimate of drug-likeness (QED) is 0.0429. The zero-order chi connectivity index (χ0) is 35.0. The first-order valence-electron chi connectivity index (χ1n) is 19.1. The van der Waals surface area contributed by atoms with Gasteiger partial charge in [0.15, 0.2) is 6.10 Å². The number of ether oxygens (including phenoxy) is 2. The van der Waals surface area contributed by atoms with Gasteiger partial charge >= 0.3 is 11.9 Å². The molecule has 0 unspecified atom stereocenters. The Morgan fingerprint density at radius 3 is 1.33 bits per heavy atom. The Morgan fingerprint density at radius 2 is 0.896 bits per heavy atom. The van der Waals surface area contributed by atoms with Gasteiger partial charge in [0.2, 0.25) is 0 Å². The molecule has 0 spiro atoms. The summed E-state index contributed by atoms with van der Waals surface area (Å²) in [4.78, 5) is 24.2. The van der Waals surface area contributed by atoms with Gasteiger partial charge in [0, 0.05) is 12.8 Å². The van der Waals surface area contributed by atoms with E-state index in [1.807, 2.05) is 0 Å². The minimum atomic E-state index is -0.798. The standard InChI is InChI=1S/C43H70O5/c1-3-5-7-9-11-13-15-17-19-21-23-25-27-29-31-33-35-37-42(45)47-40-41(39-44)48-43(46)38-36-34-32-30-28-26-24-22-20-18-16-14-12-10-8-6-4-2/h6,8,11-14,17-20,23-26,41,44H,3-5,7,9-10,15-16,21-22,27-40H2,1-2H3/t41-/m0/s1. The van der Waals surface area contributed by atoms with E-state index in [1.54, 1.807) is 0 Å². The number of carbonyl (C=O) groups excluding carboxylic acids is 2. The Morgan fingerprint density at radius 1 is 0.500 bits per heavy atom. The zero-order valence-corrected chi connectivity index (χ0v) is 30.7. The van der Waals surface area contributed by atoms with Crippen LogP contribution < -0.4 is 0 Å². The second kappa shape index (κ2) is 38.5. The molecule has 5 heteroatoms. The molecular weight excluding hydrogens is 596 g/mol. The number of carbonyl (C=O) groups is 2. The van der Waals surface area contributed by atoms with Crippen molar-refractivity contribution in [2.75, 3.05) is 13.2 Å². The molecule has 0 aliphatic rings. The zero-order valence-electron chi connectivity index (χ0n) is 30.7. The smallest absolute Gasteiger partial charge is 0.306 e. The molecule has 0 aliphatic heterocycles. The lowest BCUT2D eigenvalue weighted by atomic mass is 10.1. The Labute approximate surface area is 295 Å². The molecular formula is C43H70O5. The summed E-state index contributed by atoms with van der Waals surface area (Å²) in [6, 6.07) is 0. The Balaban J connectivity index is 3.69. The van der Waals surface area contributed by atoms with Gasteiger partial charge in [0.25, 0.3) is 0 Å². The van der Waals surface area contributed by atoms with Crippen molar-refractivity contribution in [2.45, 2.75) is 161 Å². The van der Waals surface area contributed by atoms with Gasteiger partial charge in [-0.3, -0.25) is 9.59 Å². The summed E-state index contributed by atoms with van der Waals surface area (Å²) in [6.45, 7) is 3.93. The van der Waals surface area contributed by atoms with E-state index in [2.05, 4.69) is 98.9 Å². The van der Waals surface area contributed by atoms with Crippen molar-refractivity contribution in [3.63, 3.8) is 0 Å². The highest BCUT2D eigenvalue weighted by atomic mass is 16.6. The largest absolute Gasteiger partial charge is 0.462 e. The minimum absolute atomic E-state index is 0.0928. The molecule has 0 amide bonds. The first kappa shape index (κ1) is 45.1. The lowest BCUT2D eigenvalue weighted by Gasteiger charge is -2.15. The number of unbranched alkanes of at least 4 members (excludes halogenated alkanes) is 11. The molecule has 272 valence electrons. The molecule has 0 bridgehead atoms. The highest BCUT2D eigenvalue weighted by Crippen LogP contribution is 2.10. The number of rotatable bonds is 33. The van der Waals surface area contributed by atoms with Gasteiger partial charge in [0.1, 0.15) is 6.61 Å². The van der Waals surface area contributed by atoms with E-state index in [0.717, 1.165) is 103 Å². The normalized spacial score (nSPS) is 13.1. The van der Waals surface area contributed by atoms with Gasteiger partial charge in [-0.15, -0.1) is 0 Å². The van der Waals surface area contributed by atoms with Crippen molar-refractivity contribution in [2.24, 2.45) is 0 Å². The molecule has 0 heterocycles. The maximum Gasteiger partial charge on any atom is 0.306 e. The highest BCUT2D eigenvalue weighted by Gasteiger charge is 2.16. The van der Waals surface area contributed by atoms with Crippen molar-refractivity contribution < 1.29 is 24.2 Å². The lowest BCUT2D eigenvalue weighted by molar-refractivity contribution is -0.161. The van der Waals surface area contributed by atoms with E-state index in [0.29, 0.717) is 12.8 Å². The van der Waals surface area contributed by atoms with E-state index in [1.165, 1.54) is 25.7 Å². The van der Waals surface area contributed by atoms with Crippen molar-refractivity contribution in [1.82, 2.24) is 0 Å². The van der Waals surface area contributed by atoms with Gasteiger partial charge in [-0.1, -0.05) is 137 Å². The monoisotopic (exact) mass is 667 g/mol. The summed E-state index contributed by atoms with van der Waals surface area (Å²) in [5.74, 6) is -0.653. The molecule has 48 heavy (non-hydrogen) atoms. The molecule has 0 aromatic heterocycles. The summed E-state index contributed by atoms with van der Waals surface area (Å²) in [5, 5.41) is 9.54. The van der Waals surface area contributed by atoms with Gasteiger partial charge in [-0.2, -0.15) is 0 Å². The average Bonchev–Trinajstić information content (AvgIpc) is 3.09. The van der Waals surface area contributed by atoms with Crippen LogP contribution in [0.15, 0.2) is 85.1 Å². The SMILES string of the molecule is CCC=CCC=CCC=CCC=CCCCCCCC(=O)O[C@@H](CO)COC(=O)CCCCCCC=CCC=CCC=CCCCCC. The third-order valence-corrected chi connectivity index (χ3v) is 7.67. The van der Waals surface area contributed by atoms with Crippen LogP contribution in [0.4, 0.5) is 0 Å². The highest BCUT2D eigenvalue weighted by molar-refractivity contribution is 5.70. The van der Waals surface area contributed by atoms with Crippen LogP contribution in [0.25, 0.3) is 0 Å². The maximum absolute atomic E-state index is 12.2. The maximum atomic E-state index is 12.2. The van der Waals surface area contributed by atoms with Crippen molar-refractivity contribution in [3.8, 4) is 0 Å². The number of allylic oxidation sites excluding steroid dienone is 14. The van der Waals surface area contributed by atoms with Crippen molar-refractivity contribution in [3.05, 3.63) is 85.1 Å². The number of esters is 2. The first-order chi connectivity index (χ1) is 23.6.